The number of nitrogens with zero attached hydrogens (tertiary/aromatic N) is 2. The van der Waals surface area contributed by atoms with E-state index in [2.05, 4.69) is 16.5 Å². The predicted molar refractivity (Wildman–Crippen MR) is 66.3 cm³/mol. The zero-order valence-electron chi connectivity index (χ0n) is 10.1. The molecule has 1 fully saturated rings. The third-order valence-electron chi connectivity index (χ3n) is 3.71. The van der Waals surface area contributed by atoms with Crippen molar-refractivity contribution in [2.24, 2.45) is 5.92 Å². The average molecular weight is 233 g/mol. The molecule has 0 spiro atoms. The molecular weight excluding hydrogens is 217 g/mol. The van der Waals surface area contributed by atoms with E-state index in [1.807, 2.05) is 6.07 Å². The minimum absolute atomic E-state index is 0.218. The number of hydrogen-bond donors (Lipinski definition) is 1. The van der Waals surface area contributed by atoms with Crippen LogP contribution >= 0.6 is 0 Å². The highest BCUT2D eigenvalue weighted by Gasteiger charge is 2.29. The van der Waals surface area contributed by atoms with Gasteiger partial charge >= 0.3 is 0 Å². The fourth-order valence-corrected chi connectivity index (χ4v) is 2.69. The topological polar surface area (TPSA) is 43.8 Å². The van der Waals surface area contributed by atoms with Gasteiger partial charge in [-0.05, 0) is 37.3 Å². The molecule has 0 saturated heterocycles. The molecule has 0 amide bonds. The molecule has 0 bridgehead atoms. The highest BCUT2D eigenvalue weighted by Crippen LogP contribution is 2.40. The second-order valence-corrected chi connectivity index (χ2v) is 5.16. The van der Waals surface area contributed by atoms with E-state index in [1.165, 1.54) is 6.07 Å². The molecular formula is C13H16FN3. The van der Waals surface area contributed by atoms with Gasteiger partial charge in [-0.1, -0.05) is 6.92 Å². The average Bonchev–Trinajstić information content (AvgIpc) is 2.51. The van der Waals surface area contributed by atoms with Crippen LogP contribution in [0.5, 0.6) is 0 Å². The minimum Gasteiger partial charge on any atom is -0.369 e. The van der Waals surface area contributed by atoms with Crippen LogP contribution in [-0.4, -0.2) is 9.55 Å². The number of aromatic nitrogens is 2. The Labute approximate surface area is 99.4 Å². The smallest absolute Gasteiger partial charge is 0.201 e. The summed E-state index contributed by atoms with van der Waals surface area (Å²) in [4.78, 5) is 4.24. The summed E-state index contributed by atoms with van der Waals surface area (Å²) in [6.45, 7) is 4.00. The summed E-state index contributed by atoms with van der Waals surface area (Å²) in [6.07, 6.45) is 2.26. The first-order chi connectivity index (χ1) is 8.06. The van der Waals surface area contributed by atoms with E-state index in [4.69, 9.17) is 5.73 Å². The van der Waals surface area contributed by atoms with Gasteiger partial charge in [0.1, 0.15) is 5.82 Å². The zero-order valence-corrected chi connectivity index (χ0v) is 10.1. The van der Waals surface area contributed by atoms with Crippen molar-refractivity contribution in [2.45, 2.75) is 32.7 Å². The number of anilines is 1. The molecule has 3 nitrogen and oxygen atoms in total. The van der Waals surface area contributed by atoms with Crippen molar-refractivity contribution in [2.75, 3.05) is 5.73 Å². The quantitative estimate of drug-likeness (QED) is 0.822. The molecule has 0 atom stereocenters. The number of imidazole rings is 1. The van der Waals surface area contributed by atoms with Crippen LogP contribution in [-0.2, 0) is 0 Å². The third kappa shape index (κ3) is 1.51. The van der Waals surface area contributed by atoms with Crippen molar-refractivity contribution < 1.29 is 4.39 Å². The van der Waals surface area contributed by atoms with E-state index in [9.17, 15) is 4.39 Å². The fourth-order valence-electron chi connectivity index (χ4n) is 2.69. The van der Waals surface area contributed by atoms with E-state index in [1.54, 1.807) is 6.92 Å². The van der Waals surface area contributed by atoms with Crippen LogP contribution in [0.4, 0.5) is 10.3 Å². The lowest BCUT2D eigenvalue weighted by Gasteiger charge is -2.34. The normalized spacial score (nSPS) is 23.9. The summed E-state index contributed by atoms with van der Waals surface area (Å²) in [7, 11) is 0. The molecule has 1 heterocycles. The van der Waals surface area contributed by atoms with Gasteiger partial charge in [0.15, 0.2) is 0 Å². The van der Waals surface area contributed by atoms with Gasteiger partial charge in [0.05, 0.1) is 11.0 Å². The molecule has 4 heteroatoms. The fraction of sp³-hybridized carbons (Fsp3) is 0.462. The first-order valence-corrected chi connectivity index (χ1v) is 6.00. The number of rotatable bonds is 1. The lowest BCUT2D eigenvalue weighted by atomic mass is 9.81. The van der Waals surface area contributed by atoms with Crippen molar-refractivity contribution in [3.8, 4) is 0 Å². The maximum absolute atomic E-state index is 13.5. The summed E-state index contributed by atoms with van der Waals surface area (Å²) >= 11 is 0. The number of hydrogen-bond acceptors (Lipinski definition) is 2. The molecule has 0 unspecified atom stereocenters. The highest BCUT2D eigenvalue weighted by molar-refractivity contribution is 5.79. The number of nitrogens with two attached hydrogens (primary N) is 1. The molecule has 17 heavy (non-hydrogen) atoms. The molecule has 90 valence electrons. The Balaban J connectivity index is 2.17. The van der Waals surface area contributed by atoms with Gasteiger partial charge in [-0.25, -0.2) is 9.37 Å². The van der Waals surface area contributed by atoms with Crippen molar-refractivity contribution >= 4 is 17.0 Å². The lowest BCUT2D eigenvalue weighted by Crippen LogP contribution is -2.25. The van der Waals surface area contributed by atoms with Crippen LogP contribution in [0, 0.1) is 18.7 Å². The maximum atomic E-state index is 13.5. The van der Waals surface area contributed by atoms with Crippen molar-refractivity contribution in [3.05, 3.63) is 23.5 Å². The summed E-state index contributed by atoms with van der Waals surface area (Å²) in [5, 5.41) is 0. The molecule has 1 aliphatic rings. The molecule has 1 aromatic heterocycles. The second-order valence-electron chi connectivity index (χ2n) is 5.16. The molecule has 1 aliphatic carbocycles. The first kappa shape index (κ1) is 10.6. The van der Waals surface area contributed by atoms with E-state index in [0.717, 1.165) is 24.3 Å². The van der Waals surface area contributed by atoms with Crippen molar-refractivity contribution in [1.29, 1.82) is 0 Å². The number of fused-ring (bicyclic) bond motifs is 1. The minimum atomic E-state index is -0.218. The van der Waals surface area contributed by atoms with E-state index < -0.39 is 0 Å². The standard InChI is InChI=1S/C13H16FN3/c1-7-3-9(4-7)17-12-5-8(2)10(14)6-11(12)16-13(17)15/h5-7,9H,3-4H2,1-2H3,(H2,15,16). The Morgan fingerprint density at radius 3 is 2.76 bits per heavy atom. The largest absolute Gasteiger partial charge is 0.369 e. The van der Waals surface area contributed by atoms with Crippen molar-refractivity contribution in [3.63, 3.8) is 0 Å². The third-order valence-corrected chi connectivity index (χ3v) is 3.71. The summed E-state index contributed by atoms with van der Waals surface area (Å²) in [5.74, 6) is 1.03. The summed E-state index contributed by atoms with van der Waals surface area (Å²) < 4.78 is 15.5. The monoisotopic (exact) mass is 233 g/mol. The Morgan fingerprint density at radius 1 is 1.41 bits per heavy atom. The van der Waals surface area contributed by atoms with Crippen LogP contribution < -0.4 is 5.73 Å². The highest BCUT2D eigenvalue weighted by atomic mass is 19.1. The van der Waals surface area contributed by atoms with Gasteiger partial charge in [-0.15, -0.1) is 0 Å². The second kappa shape index (κ2) is 3.45. The number of aryl methyl sites for hydroxylation is 1. The Kier molecular flexibility index (Phi) is 2.15. The maximum Gasteiger partial charge on any atom is 0.201 e. The van der Waals surface area contributed by atoms with Crippen LogP contribution in [0.1, 0.15) is 31.4 Å². The van der Waals surface area contributed by atoms with Gasteiger partial charge < -0.3 is 10.3 Å². The van der Waals surface area contributed by atoms with Gasteiger partial charge in [0.25, 0.3) is 0 Å². The van der Waals surface area contributed by atoms with E-state index in [-0.39, 0.29) is 5.82 Å². The van der Waals surface area contributed by atoms with Crippen LogP contribution in [0.15, 0.2) is 12.1 Å². The number of benzene rings is 1. The zero-order chi connectivity index (χ0) is 12.2. The first-order valence-electron chi connectivity index (χ1n) is 6.00. The van der Waals surface area contributed by atoms with E-state index in [0.29, 0.717) is 23.1 Å². The number of nitrogen functional groups attached to an aromatic ring is 1. The molecule has 1 saturated carbocycles. The predicted octanol–water partition coefficient (Wildman–Crippen LogP) is 3.04. The van der Waals surface area contributed by atoms with Crippen LogP contribution in [0.3, 0.4) is 0 Å². The molecule has 0 aliphatic heterocycles. The molecule has 0 radical (unpaired) electrons. The van der Waals surface area contributed by atoms with Crippen LogP contribution in [0.25, 0.3) is 11.0 Å². The summed E-state index contributed by atoms with van der Waals surface area (Å²) in [6, 6.07) is 3.75. The summed E-state index contributed by atoms with van der Waals surface area (Å²) in [5.41, 5.74) is 8.20. The van der Waals surface area contributed by atoms with Gasteiger partial charge in [-0.3, -0.25) is 0 Å². The Morgan fingerprint density at radius 2 is 2.12 bits per heavy atom. The van der Waals surface area contributed by atoms with Gasteiger partial charge in [0, 0.05) is 12.1 Å². The molecule has 2 N–H and O–H groups in total. The van der Waals surface area contributed by atoms with Crippen molar-refractivity contribution in [1.82, 2.24) is 9.55 Å². The molecule has 1 aromatic carbocycles. The molecule has 3 rings (SSSR count). The van der Waals surface area contributed by atoms with E-state index >= 15 is 0 Å². The lowest BCUT2D eigenvalue weighted by molar-refractivity contribution is 0.223. The van der Waals surface area contributed by atoms with Gasteiger partial charge in [-0.2, -0.15) is 0 Å². The number of halogens is 1. The Hall–Kier alpha value is -1.58. The van der Waals surface area contributed by atoms with Gasteiger partial charge in [0.2, 0.25) is 5.95 Å². The molecule has 2 aromatic rings. The Bertz CT molecular complexity index is 582. The van der Waals surface area contributed by atoms with Crippen LogP contribution in [0.2, 0.25) is 0 Å². The SMILES string of the molecule is Cc1cc2c(cc1F)nc(N)n2C1CC(C)C1.